The lowest BCUT2D eigenvalue weighted by molar-refractivity contribution is -0.134. The molecule has 0 unspecified atom stereocenters. The number of rotatable bonds is 6. The van der Waals surface area contributed by atoms with Gasteiger partial charge >= 0.3 is 0 Å². The molecule has 2 atom stereocenters. The first-order valence-electron chi connectivity index (χ1n) is 8.83. The van der Waals surface area contributed by atoms with Crippen LogP contribution in [0.2, 0.25) is 0 Å². The number of hydrogen-bond acceptors (Lipinski definition) is 5. The van der Waals surface area contributed by atoms with Gasteiger partial charge in [0.1, 0.15) is 5.69 Å². The van der Waals surface area contributed by atoms with E-state index in [0.717, 1.165) is 12.8 Å². The molecule has 2 amide bonds. The molecule has 2 aromatic heterocycles. The highest BCUT2D eigenvalue weighted by Gasteiger charge is 2.31. The average molecular weight is 373 g/mol. The fraction of sp³-hybridized carbons (Fsp3) is 0.421. The summed E-state index contributed by atoms with van der Waals surface area (Å²) in [4.78, 5) is 31.5. The van der Waals surface area contributed by atoms with Crippen LogP contribution in [0.1, 0.15) is 34.6 Å². The van der Waals surface area contributed by atoms with Crippen molar-refractivity contribution in [3.63, 3.8) is 0 Å². The normalized spacial score (nSPS) is 20.0. The molecule has 0 saturated carbocycles. The first kappa shape index (κ1) is 18.5. The number of piperidine rings is 1. The van der Waals surface area contributed by atoms with Crippen LogP contribution >= 0.6 is 11.3 Å². The van der Waals surface area contributed by atoms with E-state index in [1.807, 2.05) is 11.4 Å². The molecule has 0 spiro atoms. The fourth-order valence-corrected chi connectivity index (χ4v) is 3.84. The van der Waals surface area contributed by atoms with Crippen LogP contribution in [0.15, 0.2) is 41.9 Å². The predicted molar refractivity (Wildman–Crippen MR) is 100.0 cm³/mol. The molecule has 0 aromatic carbocycles. The molecule has 1 fully saturated rings. The quantitative estimate of drug-likeness (QED) is 0.810. The van der Waals surface area contributed by atoms with E-state index in [9.17, 15) is 14.7 Å². The highest BCUT2D eigenvalue weighted by Crippen LogP contribution is 2.16. The van der Waals surface area contributed by atoms with E-state index < -0.39 is 6.10 Å². The summed E-state index contributed by atoms with van der Waals surface area (Å²) in [6.45, 7) is 0.799. The van der Waals surface area contributed by atoms with Gasteiger partial charge in [-0.15, -0.1) is 11.3 Å². The first-order chi connectivity index (χ1) is 12.6. The average Bonchev–Trinajstić information content (AvgIpc) is 3.17. The predicted octanol–water partition coefficient (Wildman–Crippen LogP) is 1.86. The zero-order valence-corrected chi connectivity index (χ0v) is 15.3. The summed E-state index contributed by atoms with van der Waals surface area (Å²) in [6, 6.07) is 8.86. The standard InChI is InChI=1S/C19H23N3O3S/c23-17-13-22(18(24)8-3-5-14-6-4-12-26-14)11-9-15(17)21-19(25)16-7-1-2-10-20-16/h1-2,4,6-7,10,12,15,17,23H,3,5,8-9,11,13H2,(H,21,25)/t15-,17-/m1/s1. The van der Waals surface area contributed by atoms with Gasteiger partial charge in [-0.05, 0) is 42.8 Å². The summed E-state index contributed by atoms with van der Waals surface area (Å²) < 4.78 is 0. The Morgan fingerprint density at radius 3 is 2.88 bits per heavy atom. The number of aliphatic hydroxyl groups excluding tert-OH is 1. The maximum absolute atomic E-state index is 12.3. The van der Waals surface area contributed by atoms with Crippen LogP contribution in [0.5, 0.6) is 0 Å². The number of carbonyl (C=O) groups excluding carboxylic acids is 2. The number of pyridine rings is 1. The number of aromatic nitrogens is 1. The lowest BCUT2D eigenvalue weighted by Crippen LogP contribution is -2.55. The van der Waals surface area contributed by atoms with Crippen molar-refractivity contribution in [3.05, 3.63) is 52.5 Å². The number of carbonyl (C=O) groups is 2. The Morgan fingerprint density at radius 1 is 1.31 bits per heavy atom. The van der Waals surface area contributed by atoms with Gasteiger partial charge in [0.25, 0.3) is 5.91 Å². The molecule has 0 bridgehead atoms. The second-order valence-electron chi connectivity index (χ2n) is 6.42. The van der Waals surface area contributed by atoms with Crippen LogP contribution in [0.25, 0.3) is 0 Å². The largest absolute Gasteiger partial charge is 0.389 e. The van der Waals surface area contributed by atoms with Crippen molar-refractivity contribution in [1.82, 2.24) is 15.2 Å². The Balaban J connectivity index is 1.44. The monoisotopic (exact) mass is 373 g/mol. The number of amides is 2. The van der Waals surface area contributed by atoms with E-state index in [4.69, 9.17) is 0 Å². The molecule has 3 heterocycles. The molecule has 138 valence electrons. The maximum Gasteiger partial charge on any atom is 0.270 e. The van der Waals surface area contributed by atoms with Gasteiger partial charge in [-0.3, -0.25) is 14.6 Å². The Hall–Kier alpha value is -2.25. The van der Waals surface area contributed by atoms with Gasteiger partial charge < -0.3 is 15.3 Å². The minimum Gasteiger partial charge on any atom is -0.389 e. The summed E-state index contributed by atoms with van der Waals surface area (Å²) in [5, 5.41) is 15.2. The zero-order valence-electron chi connectivity index (χ0n) is 14.5. The number of nitrogens with zero attached hydrogens (tertiary/aromatic N) is 2. The van der Waals surface area contributed by atoms with E-state index >= 15 is 0 Å². The van der Waals surface area contributed by atoms with E-state index in [1.165, 1.54) is 4.88 Å². The lowest BCUT2D eigenvalue weighted by atomic mass is 10.0. The Kier molecular flexibility index (Phi) is 6.35. The molecule has 1 aliphatic heterocycles. The zero-order chi connectivity index (χ0) is 18.4. The number of nitrogens with one attached hydrogen (secondary N) is 1. The highest BCUT2D eigenvalue weighted by atomic mass is 32.1. The summed E-state index contributed by atoms with van der Waals surface area (Å²) >= 11 is 1.70. The van der Waals surface area contributed by atoms with Crippen LogP contribution in [-0.2, 0) is 11.2 Å². The fourth-order valence-electron chi connectivity index (χ4n) is 3.09. The van der Waals surface area contributed by atoms with Crippen LogP contribution in [0.4, 0.5) is 0 Å². The molecular formula is C19H23N3O3S. The number of β-amino-alcohol motifs (C(OH)–C–C–N with tert-alkyl or cyclic N) is 1. The first-order valence-corrected chi connectivity index (χ1v) is 9.71. The molecule has 6 nitrogen and oxygen atoms in total. The molecular weight excluding hydrogens is 350 g/mol. The van der Waals surface area contributed by atoms with Crippen molar-refractivity contribution in [2.75, 3.05) is 13.1 Å². The molecule has 7 heteroatoms. The van der Waals surface area contributed by atoms with Gasteiger partial charge in [0, 0.05) is 30.6 Å². The third-order valence-electron chi connectivity index (χ3n) is 4.54. The van der Waals surface area contributed by atoms with Crippen LogP contribution in [0, 0.1) is 0 Å². The van der Waals surface area contributed by atoms with Gasteiger partial charge in [0.2, 0.25) is 5.91 Å². The molecule has 0 aliphatic carbocycles. The summed E-state index contributed by atoms with van der Waals surface area (Å²) in [5.41, 5.74) is 0.326. The van der Waals surface area contributed by atoms with E-state index in [0.29, 0.717) is 25.1 Å². The van der Waals surface area contributed by atoms with Crippen molar-refractivity contribution in [2.24, 2.45) is 0 Å². The van der Waals surface area contributed by atoms with Gasteiger partial charge in [-0.25, -0.2) is 0 Å². The van der Waals surface area contributed by atoms with E-state index in [-0.39, 0.29) is 24.4 Å². The van der Waals surface area contributed by atoms with Crippen molar-refractivity contribution < 1.29 is 14.7 Å². The Morgan fingerprint density at radius 2 is 2.19 bits per heavy atom. The SMILES string of the molecule is O=C(N[C@@H]1CCN(C(=O)CCCc2cccs2)C[C@H]1O)c1ccccn1. The summed E-state index contributed by atoms with van der Waals surface area (Å²) in [5.74, 6) is -0.236. The molecule has 1 saturated heterocycles. The minimum absolute atomic E-state index is 0.0649. The maximum atomic E-state index is 12.3. The molecule has 2 aromatic rings. The van der Waals surface area contributed by atoms with E-state index in [2.05, 4.69) is 16.4 Å². The van der Waals surface area contributed by atoms with Gasteiger partial charge in [-0.2, -0.15) is 0 Å². The smallest absolute Gasteiger partial charge is 0.270 e. The topological polar surface area (TPSA) is 82.5 Å². The van der Waals surface area contributed by atoms with Gasteiger partial charge in [-0.1, -0.05) is 12.1 Å². The summed E-state index contributed by atoms with van der Waals surface area (Å²) in [7, 11) is 0. The third-order valence-corrected chi connectivity index (χ3v) is 5.48. The Labute approximate surface area is 156 Å². The second-order valence-corrected chi connectivity index (χ2v) is 7.46. The number of thiophene rings is 1. The van der Waals surface area contributed by atoms with Crippen molar-refractivity contribution >= 4 is 23.2 Å². The number of likely N-dealkylation sites (tertiary alicyclic amines) is 1. The third kappa shape index (κ3) is 4.89. The minimum atomic E-state index is -0.766. The molecule has 0 radical (unpaired) electrons. The molecule has 26 heavy (non-hydrogen) atoms. The van der Waals surface area contributed by atoms with Crippen molar-refractivity contribution in [1.29, 1.82) is 0 Å². The van der Waals surface area contributed by atoms with Crippen LogP contribution < -0.4 is 5.32 Å². The molecule has 1 aliphatic rings. The number of hydrogen-bond donors (Lipinski definition) is 2. The van der Waals surface area contributed by atoms with Crippen LogP contribution in [-0.4, -0.2) is 52.0 Å². The molecule has 2 N–H and O–H groups in total. The van der Waals surface area contributed by atoms with E-state index in [1.54, 1.807) is 40.6 Å². The number of aliphatic hydroxyl groups is 1. The van der Waals surface area contributed by atoms with Gasteiger partial charge in [0.15, 0.2) is 0 Å². The molecule has 3 rings (SSSR count). The van der Waals surface area contributed by atoms with Crippen molar-refractivity contribution in [2.45, 2.75) is 37.8 Å². The van der Waals surface area contributed by atoms with Gasteiger partial charge in [0.05, 0.1) is 12.1 Å². The van der Waals surface area contributed by atoms with Crippen molar-refractivity contribution in [3.8, 4) is 0 Å². The highest BCUT2D eigenvalue weighted by molar-refractivity contribution is 7.09. The lowest BCUT2D eigenvalue weighted by Gasteiger charge is -2.36. The second kappa shape index (κ2) is 8.91. The van der Waals surface area contributed by atoms with Crippen LogP contribution in [0.3, 0.4) is 0 Å². The summed E-state index contributed by atoms with van der Waals surface area (Å²) in [6.07, 6.45) is 3.53. The number of aryl methyl sites for hydroxylation is 1. The Bertz CT molecular complexity index is 721.